The number of nitrogen functional groups attached to an aromatic ring is 1. The maximum atomic E-state index is 13.8. The van der Waals surface area contributed by atoms with Gasteiger partial charge in [-0.25, -0.2) is 13.8 Å². The van der Waals surface area contributed by atoms with Crippen LogP contribution in [0.1, 0.15) is 18.5 Å². The summed E-state index contributed by atoms with van der Waals surface area (Å²) in [6.07, 6.45) is 0. The van der Waals surface area contributed by atoms with Crippen molar-refractivity contribution < 1.29 is 8.78 Å². The molecule has 0 saturated carbocycles. The molecule has 3 nitrogen and oxygen atoms in total. The van der Waals surface area contributed by atoms with Crippen LogP contribution >= 0.6 is 22.6 Å². The van der Waals surface area contributed by atoms with E-state index in [1.807, 2.05) is 35.6 Å². The van der Waals surface area contributed by atoms with Crippen LogP contribution in [0.3, 0.4) is 0 Å². The molecule has 3 aromatic rings. The van der Waals surface area contributed by atoms with Gasteiger partial charge >= 0.3 is 0 Å². The van der Waals surface area contributed by atoms with Crippen LogP contribution in [-0.2, 0) is 0 Å². The van der Waals surface area contributed by atoms with Crippen molar-refractivity contribution in [2.24, 2.45) is 0 Å². The molecule has 0 spiro atoms. The molecule has 0 radical (unpaired) electrons. The summed E-state index contributed by atoms with van der Waals surface area (Å²) in [5.74, 6) is -0.359. The Bertz CT molecular complexity index is 829. The van der Waals surface area contributed by atoms with Crippen LogP contribution in [0, 0.1) is 15.2 Å². The predicted octanol–water partition coefficient (Wildman–Crippen LogP) is 4.11. The van der Waals surface area contributed by atoms with Crippen molar-refractivity contribution in [2.45, 2.75) is 13.0 Å². The smallest absolute Gasteiger partial charge is 0.201 e. The van der Waals surface area contributed by atoms with Crippen molar-refractivity contribution in [1.82, 2.24) is 9.55 Å². The molecule has 0 amide bonds. The average molecular weight is 399 g/mol. The second-order valence-electron chi connectivity index (χ2n) is 4.83. The van der Waals surface area contributed by atoms with Crippen molar-refractivity contribution in [3.05, 3.63) is 57.2 Å². The van der Waals surface area contributed by atoms with Crippen LogP contribution in [0.2, 0.25) is 0 Å². The molecule has 1 unspecified atom stereocenters. The molecule has 0 aliphatic carbocycles. The highest BCUT2D eigenvalue weighted by atomic mass is 127. The minimum Gasteiger partial charge on any atom is -0.369 e. The number of nitrogens with two attached hydrogens (primary N) is 1. The van der Waals surface area contributed by atoms with E-state index in [1.165, 1.54) is 18.2 Å². The number of hydrogen-bond donors (Lipinski definition) is 1. The second-order valence-corrected chi connectivity index (χ2v) is 5.99. The molecule has 2 N–H and O–H groups in total. The fourth-order valence-corrected chi connectivity index (χ4v) is 2.88. The zero-order chi connectivity index (χ0) is 15.1. The first kappa shape index (κ1) is 14.2. The molecule has 0 aliphatic rings. The van der Waals surface area contributed by atoms with Gasteiger partial charge < -0.3 is 10.3 Å². The number of aromatic nitrogens is 2. The maximum absolute atomic E-state index is 13.8. The Hall–Kier alpha value is -1.70. The van der Waals surface area contributed by atoms with E-state index in [0.717, 1.165) is 5.56 Å². The highest BCUT2D eigenvalue weighted by Crippen LogP contribution is 2.29. The molecular weight excluding hydrogens is 387 g/mol. The van der Waals surface area contributed by atoms with E-state index in [0.29, 0.717) is 14.6 Å². The van der Waals surface area contributed by atoms with Crippen LogP contribution in [0.5, 0.6) is 0 Å². The molecule has 21 heavy (non-hydrogen) atoms. The summed E-state index contributed by atoms with van der Waals surface area (Å²) in [6.45, 7) is 1.88. The lowest BCUT2D eigenvalue weighted by Crippen LogP contribution is -2.10. The largest absolute Gasteiger partial charge is 0.369 e. The van der Waals surface area contributed by atoms with Gasteiger partial charge in [0, 0.05) is 6.07 Å². The van der Waals surface area contributed by atoms with E-state index in [2.05, 4.69) is 4.98 Å². The molecule has 2 aromatic carbocycles. The molecule has 0 saturated heterocycles. The van der Waals surface area contributed by atoms with Crippen LogP contribution in [0.25, 0.3) is 11.0 Å². The summed E-state index contributed by atoms with van der Waals surface area (Å²) in [5, 5.41) is 0. The topological polar surface area (TPSA) is 43.8 Å². The Labute approximate surface area is 133 Å². The molecule has 1 atom stereocenters. The van der Waals surface area contributed by atoms with Gasteiger partial charge in [-0.05, 0) is 53.3 Å². The minimum absolute atomic E-state index is 0.245. The lowest BCUT2D eigenvalue weighted by molar-refractivity contribution is 0.608. The SMILES string of the molecule is CC(c1cccc(F)c1)n1c(N)nc2cc(I)c(F)cc21. The van der Waals surface area contributed by atoms with Crippen LogP contribution < -0.4 is 5.73 Å². The van der Waals surface area contributed by atoms with Crippen molar-refractivity contribution >= 4 is 39.6 Å². The van der Waals surface area contributed by atoms with Gasteiger partial charge in [0.2, 0.25) is 5.95 Å². The van der Waals surface area contributed by atoms with Crippen LogP contribution in [0.4, 0.5) is 14.7 Å². The fraction of sp³-hybridized carbons (Fsp3) is 0.133. The summed E-state index contributed by atoms with van der Waals surface area (Å²) < 4.78 is 29.4. The van der Waals surface area contributed by atoms with Crippen LogP contribution in [0.15, 0.2) is 36.4 Å². The van der Waals surface area contributed by atoms with Gasteiger partial charge in [0.05, 0.1) is 20.6 Å². The molecule has 108 valence electrons. The second kappa shape index (κ2) is 5.25. The third-order valence-corrected chi connectivity index (χ3v) is 4.30. The van der Waals surface area contributed by atoms with E-state index >= 15 is 0 Å². The van der Waals surface area contributed by atoms with E-state index in [1.54, 1.807) is 16.7 Å². The fourth-order valence-electron chi connectivity index (χ4n) is 2.43. The molecule has 0 fully saturated rings. The van der Waals surface area contributed by atoms with Crippen molar-refractivity contribution in [2.75, 3.05) is 5.73 Å². The Morgan fingerprint density at radius 3 is 2.71 bits per heavy atom. The molecular formula is C15H12F2IN3. The quantitative estimate of drug-likeness (QED) is 0.660. The Morgan fingerprint density at radius 2 is 2.00 bits per heavy atom. The molecule has 0 bridgehead atoms. The van der Waals surface area contributed by atoms with Crippen molar-refractivity contribution in [3.8, 4) is 0 Å². The van der Waals surface area contributed by atoms with Gasteiger partial charge in [0.15, 0.2) is 0 Å². The van der Waals surface area contributed by atoms with Gasteiger partial charge in [-0.2, -0.15) is 0 Å². The van der Waals surface area contributed by atoms with E-state index < -0.39 is 0 Å². The summed E-state index contributed by atoms with van der Waals surface area (Å²) in [4.78, 5) is 4.26. The zero-order valence-electron chi connectivity index (χ0n) is 11.1. The maximum Gasteiger partial charge on any atom is 0.201 e. The lowest BCUT2D eigenvalue weighted by atomic mass is 10.1. The van der Waals surface area contributed by atoms with Gasteiger partial charge in [0.1, 0.15) is 11.6 Å². The first-order valence-corrected chi connectivity index (χ1v) is 7.43. The molecule has 1 aromatic heterocycles. The van der Waals surface area contributed by atoms with Gasteiger partial charge in [-0.3, -0.25) is 0 Å². The predicted molar refractivity (Wildman–Crippen MR) is 87.0 cm³/mol. The summed E-state index contributed by atoms with van der Waals surface area (Å²) >= 11 is 1.91. The summed E-state index contributed by atoms with van der Waals surface area (Å²) in [5.41, 5.74) is 7.94. The number of hydrogen-bond acceptors (Lipinski definition) is 2. The van der Waals surface area contributed by atoms with Crippen LogP contribution in [-0.4, -0.2) is 9.55 Å². The number of anilines is 1. The molecule has 1 heterocycles. The lowest BCUT2D eigenvalue weighted by Gasteiger charge is -2.16. The summed E-state index contributed by atoms with van der Waals surface area (Å²) in [6, 6.07) is 9.09. The highest BCUT2D eigenvalue weighted by Gasteiger charge is 2.17. The van der Waals surface area contributed by atoms with E-state index in [-0.39, 0.29) is 23.6 Å². The van der Waals surface area contributed by atoms with E-state index in [4.69, 9.17) is 5.73 Å². The number of halogens is 3. The number of fused-ring (bicyclic) bond motifs is 1. The normalized spacial score (nSPS) is 12.8. The number of benzene rings is 2. The van der Waals surface area contributed by atoms with Gasteiger partial charge in [0.25, 0.3) is 0 Å². The first-order chi connectivity index (χ1) is 9.97. The number of rotatable bonds is 2. The Balaban J connectivity index is 2.19. The molecule has 3 rings (SSSR count). The third-order valence-electron chi connectivity index (χ3n) is 3.48. The monoisotopic (exact) mass is 399 g/mol. The minimum atomic E-state index is -0.323. The van der Waals surface area contributed by atoms with E-state index in [9.17, 15) is 8.78 Å². The van der Waals surface area contributed by atoms with Gasteiger partial charge in [-0.15, -0.1) is 0 Å². The summed E-state index contributed by atoms with van der Waals surface area (Å²) in [7, 11) is 0. The van der Waals surface area contributed by atoms with Crippen molar-refractivity contribution in [3.63, 3.8) is 0 Å². The standard InChI is InChI=1S/C15H12F2IN3/c1-8(9-3-2-4-10(16)5-9)21-14-6-11(17)12(18)7-13(14)20-15(21)19/h2-8H,1H3,(H2,19,20). The average Bonchev–Trinajstić information content (AvgIpc) is 2.74. The molecule has 0 aliphatic heterocycles. The number of nitrogens with zero attached hydrogens (tertiary/aromatic N) is 2. The van der Waals surface area contributed by atoms with Crippen molar-refractivity contribution in [1.29, 1.82) is 0 Å². The highest BCUT2D eigenvalue weighted by molar-refractivity contribution is 14.1. The molecule has 6 heteroatoms. The first-order valence-electron chi connectivity index (χ1n) is 6.35. The Morgan fingerprint density at radius 1 is 1.24 bits per heavy atom. The third kappa shape index (κ3) is 2.48. The Kier molecular flexibility index (Phi) is 3.56. The zero-order valence-corrected chi connectivity index (χ0v) is 13.3. The number of imidazole rings is 1. The van der Waals surface area contributed by atoms with Gasteiger partial charge in [-0.1, -0.05) is 12.1 Å².